The zero-order chi connectivity index (χ0) is 22.7. The molecular formula is C19H23Cl2FN2O4S2. The normalized spacial score (nSPS) is 13.4. The Morgan fingerprint density at radius 2 is 1.57 bits per heavy atom. The molecule has 0 spiro atoms. The van der Waals surface area contributed by atoms with Crippen molar-refractivity contribution in [2.75, 3.05) is 24.2 Å². The van der Waals surface area contributed by atoms with Gasteiger partial charge in [-0.2, -0.15) is 0 Å². The van der Waals surface area contributed by atoms with Gasteiger partial charge < -0.3 is 0 Å². The number of hydrogen-bond donors (Lipinski definition) is 0. The van der Waals surface area contributed by atoms with Gasteiger partial charge in [0.05, 0.1) is 16.8 Å². The third kappa shape index (κ3) is 6.07. The Hall–Kier alpha value is -1.39. The van der Waals surface area contributed by atoms with Crippen molar-refractivity contribution in [3.8, 4) is 0 Å². The molecule has 0 N–H and O–H groups in total. The highest BCUT2D eigenvalue weighted by Gasteiger charge is 2.31. The van der Waals surface area contributed by atoms with Gasteiger partial charge in [-0.05, 0) is 62.2 Å². The lowest BCUT2D eigenvalue weighted by atomic mass is 10.1. The van der Waals surface area contributed by atoms with E-state index in [-0.39, 0.29) is 22.2 Å². The second-order valence-electron chi connectivity index (χ2n) is 6.93. The summed E-state index contributed by atoms with van der Waals surface area (Å²) in [5.74, 6) is -0.739. The third-order valence-corrected chi connectivity index (χ3v) is 8.32. The maximum atomic E-state index is 14.6. The van der Waals surface area contributed by atoms with Crippen molar-refractivity contribution in [3.05, 3.63) is 58.3 Å². The summed E-state index contributed by atoms with van der Waals surface area (Å²) < 4.78 is 66.7. The molecule has 30 heavy (non-hydrogen) atoms. The van der Waals surface area contributed by atoms with E-state index in [1.165, 1.54) is 47.8 Å². The molecule has 0 bridgehead atoms. The average molecular weight is 497 g/mol. The zero-order valence-corrected chi connectivity index (χ0v) is 19.9. The van der Waals surface area contributed by atoms with E-state index in [9.17, 15) is 21.2 Å². The average Bonchev–Trinajstić information content (AvgIpc) is 2.64. The van der Waals surface area contributed by atoms with E-state index in [1.807, 2.05) is 0 Å². The van der Waals surface area contributed by atoms with Gasteiger partial charge in [-0.15, -0.1) is 0 Å². The first-order valence-electron chi connectivity index (χ1n) is 9.00. The SMILES string of the molecule is C[C@H](CCCN(C)S(C)(=O)=O)N(c1cc(Cl)ccc1F)S(=O)(=O)c1ccc(Cl)cc1. The molecule has 0 saturated carbocycles. The summed E-state index contributed by atoms with van der Waals surface area (Å²) in [5.41, 5.74) is -0.179. The lowest BCUT2D eigenvalue weighted by Gasteiger charge is -2.31. The first-order chi connectivity index (χ1) is 13.8. The molecular weight excluding hydrogens is 474 g/mol. The van der Waals surface area contributed by atoms with Gasteiger partial charge in [0.25, 0.3) is 10.0 Å². The van der Waals surface area contributed by atoms with E-state index in [0.29, 0.717) is 17.9 Å². The molecule has 0 aliphatic rings. The zero-order valence-electron chi connectivity index (χ0n) is 16.7. The minimum atomic E-state index is -4.14. The van der Waals surface area contributed by atoms with Crippen LogP contribution >= 0.6 is 23.2 Å². The van der Waals surface area contributed by atoms with Crippen molar-refractivity contribution in [3.63, 3.8) is 0 Å². The summed E-state index contributed by atoms with van der Waals surface area (Å²) in [5, 5.41) is 0.554. The van der Waals surface area contributed by atoms with E-state index in [0.717, 1.165) is 16.6 Å². The molecule has 2 rings (SSSR count). The van der Waals surface area contributed by atoms with Crippen molar-refractivity contribution in [1.82, 2.24) is 4.31 Å². The fourth-order valence-electron chi connectivity index (χ4n) is 2.87. The van der Waals surface area contributed by atoms with Crippen molar-refractivity contribution in [2.45, 2.75) is 30.7 Å². The predicted octanol–water partition coefficient (Wildman–Crippen LogP) is 4.39. The molecule has 0 saturated heterocycles. The quantitative estimate of drug-likeness (QED) is 0.515. The van der Waals surface area contributed by atoms with Crippen LogP contribution in [0.3, 0.4) is 0 Å². The monoisotopic (exact) mass is 496 g/mol. The van der Waals surface area contributed by atoms with E-state index in [1.54, 1.807) is 6.92 Å². The molecule has 0 fully saturated rings. The van der Waals surface area contributed by atoms with Crippen LogP contribution in [0.2, 0.25) is 10.0 Å². The third-order valence-electron chi connectivity index (χ3n) is 4.58. The van der Waals surface area contributed by atoms with E-state index < -0.39 is 31.9 Å². The number of rotatable bonds is 9. The van der Waals surface area contributed by atoms with E-state index in [4.69, 9.17) is 23.2 Å². The maximum Gasteiger partial charge on any atom is 0.264 e. The van der Waals surface area contributed by atoms with Crippen LogP contribution in [0.4, 0.5) is 10.1 Å². The molecule has 11 heteroatoms. The Morgan fingerprint density at radius 1 is 1.00 bits per heavy atom. The molecule has 166 valence electrons. The molecule has 0 aromatic heterocycles. The molecule has 0 aliphatic carbocycles. The van der Waals surface area contributed by atoms with Crippen LogP contribution in [-0.2, 0) is 20.0 Å². The van der Waals surface area contributed by atoms with Crippen LogP contribution in [-0.4, -0.2) is 47.0 Å². The Morgan fingerprint density at radius 3 is 2.13 bits per heavy atom. The molecule has 6 nitrogen and oxygen atoms in total. The van der Waals surface area contributed by atoms with Gasteiger partial charge in [-0.25, -0.2) is 25.5 Å². The Bertz CT molecular complexity index is 1090. The largest absolute Gasteiger partial charge is 0.264 e. The first kappa shape index (κ1) is 24.9. The van der Waals surface area contributed by atoms with Crippen LogP contribution in [0.5, 0.6) is 0 Å². The Kier molecular flexibility index (Phi) is 8.15. The molecule has 0 radical (unpaired) electrons. The lowest BCUT2D eigenvalue weighted by molar-refractivity contribution is 0.449. The highest BCUT2D eigenvalue weighted by molar-refractivity contribution is 7.92. The second-order valence-corrected chi connectivity index (χ2v) is 11.7. The summed E-state index contributed by atoms with van der Waals surface area (Å²) in [4.78, 5) is -0.0496. The highest BCUT2D eigenvalue weighted by atomic mass is 35.5. The van der Waals surface area contributed by atoms with Gasteiger partial charge in [0, 0.05) is 29.7 Å². The number of nitrogens with zero attached hydrogens (tertiary/aromatic N) is 2. The van der Waals surface area contributed by atoms with Gasteiger partial charge >= 0.3 is 0 Å². The summed E-state index contributed by atoms with van der Waals surface area (Å²) in [7, 11) is -6.05. The van der Waals surface area contributed by atoms with Crippen molar-refractivity contribution in [1.29, 1.82) is 0 Å². The van der Waals surface area contributed by atoms with Crippen molar-refractivity contribution >= 4 is 48.9 Å². The minimum absolute atomic E-state index is 0.0496. The van der Waals surface area contributed by atoms with Crippen LogP contribution in [0.1, 0.15) is 19.8 Å². The van der Waals surface area contributed by atoms with Gasteiger partial charge in [0.2, 0.25) is 10.0 Å². The summed E-state index contributed by atoms with van der Waals surface area (Å²) >= 11 is 11.9. The first-order valence-corrected chi connectivity index (χ1v) is 13.0. The summed E-state index contributed by atoms with van der Waals surface area (Å²) in [6.07, 6.45) is 1.76. The van der Waals surface area contributed by atoms with Crippen molar-refractivity contribution < 1.29 is 21.2 Å². The Labute approximate surface area is 187 Å². The van der Waals surface area contributed by atoms with Crippen molar-refractivity contribution in [2.24, 2.45) is 0 Å². The number of hydrogen-bond acceptors (Lipinski definition) is 4. The summed E-state index contributed by atoms with van der Waals surface area (Å²) in [6.45, 7) is 1.84. The van der Waals surface area contributed by atoms with Crippen LogP contribution in [0.25, 0.3) is 0 Å². The molecule has 0 heterocycles. The maximum absolute atomic E-state index is 14.6. The number of benzene rings is 2. The standard InChI is InChI=1S/C19H23Cl2FN2O4S2/c1-14(5-4-12-23(2)29(3,25)26)24(19-13-16(21)8-11-18(19)22)30(27,28)17-9-6-15(20)7-10-17/h6-11,13-14H,4-5,12H2,1-3H3/t14-/m1/s1. The molecule has 0 unspecified atom stereocenters. The van der Waals surface area contributed by atoms with Crippen LogP contribution in [0, 0.1) is 5.82 Å². The smallest absolute Gasteiger partial charge is 0.261 e. The van der Waals surface area contributed by atoms with Gasteiger partial charge in [-0.1, -0.05) is 23.2 Å². The molecule has 2 aromatic carbocycles. The second kappa shape index (κ2) is 9.82. The fourth-order valence-corrected chi connectivity index (χ4v) is 5.31. The van der Waals surface area contributed by atoms with E-state index in [2.05, 4.69) is 0 Å². The number of halogens is 3. The fraction of sp³-hybridized carbons (Fsp3) is 0.368. The minimum Gasteiger partial charge on any atom is -0.261 e. The topological polar surface area (TPSA) is 74.8 Å². The van der Waals surface area contributed by atoms with E-state index >= 15 is 0 Å². The highest BCUT2D eigenvalue weighted by Crippen LogP contribution is 2.32. The summed E-state index contributed by atoms with van der Waals surface area (Å²) in [6, 6.07) is 8.58. The van der Waals surface area contributed by atoms with Gasteiger partial charge in [-0.3, -0.25) is 4.31 Å². The van der Waals surface area contributed by atoms with Gasteiger partial charge in [0.15, 0.2) is 0 Å². The Balaban J connectivity index is 2.41. The number of anilines is 1. The molecule has 0 amide bonds. The lowest BCUT2D eigenvalue weighted by Crippen LogP contribution is -2.40. The number of sulfonamides is 2. The molecule has 1 atom stereocenters. The van der Waals surface area contributed by atoms with Gasteiger partial charge in [0.1, 0.15) is 5.82 Å². The van der Waals surface area contributed by atoms with Crippen LogP contribution < -0.4 is 4.31 Å². The van der Waals surface area contributed by atoms with Crippen LogP contribution in [0.15, 0.2) is 47.4 Å². The molecule has 2 aromatic rings. The molecule has 0 aliphatic heterocycles. The predicted molar refractivity (Wildman–Crippen MR) is 119 cm³/mol.